The van der Waals surface area contributed by atoms with Crippen LogP contribution >= 0.6 is 0 Å². The molecule has 3 atom stereocenters. The number of allylic oxidation sites excluding steroid dienone is 4. The molecule has 0 bridgehead atoms. The zero-order valence-electron chi connectivity index (χ0n) is 34.2. The van der Waals surface area contributed by atoms with Crippen LogP contribution in [-0.2, 0) is 4.79 Å². The Hall–Kier alpha value is -1.17. The van der Waals surface area contributed by atoms with E-state index >= 15 is 0 Å². The third kappa shape index (κ3) is 37.0. The van der Waals surface area contributed by atoms with Crippen molar-refractivity contribution in [1.29, 1.82) is 0 Å². The number of hydrogen-bond donors (Lipinski definition) is 4. The van der Waals surface area contributed by atoms with Gasteiger partial charge in [-0.25, -0.2) is 0 Å². The Bertz CT molecular complexity index is 754. The highest BCUT2D eigenvalue weighted by Gasteiger charge is 2.26. The molecular formula is C46H89NO4. The molecule has 5 heteroatoms. The van der Waals surface area contributed by atoms with Gasteiger partial charge in [0.05, 0.1) is 18.8 Å². The third-order valence-corrected chi connectivity index (χ3v) is 10.5. The minimum absolute atomic E-state index is 0.157. The maximum absolute atomic E-state index is 12.4. The van der Waals surface area contributed by atoms with E-state index in [-0.39, 0.29) is 12.5 Å². The molecule has 0 spiro atoms. The average molecular weight is 720 g/mol. The third-order valence-electron chi connectivity index (χ3n) is 10.5. The number of rotatable bonds is 41. The molecule has 0 aromatic heterocycles. The second kappa shape index (κ2) is 41.6. The van der Waals surface area contributed by atoms with Gasteiger partial charge in [0, 0.05) is 6.42 Å². The fourth-order valence-electron chi connectivity index (χ4n) is 6.98. The maximum Gasteiger partial charge on any atom is 0.220 e. The van der Waals surface area contributed by atoms with Gasteiger partial charge in [-0.15, -0.1) is 0 Å². The second-order valence-corrected chi connectivity index (χ2v) is 15.6. The van der Waals surface area contributed by atoms with Crippen LogP contribution in [0.1, 0.15) is 239 Å². The summed E-state index contributed by atoms with van der Waals surface area (Å²) in [6.07, 6.45) is 50.0. The zero-order chi connectivity index (χ0) is 37.3. The van der Waals surface area contributed by atoms with Crippen LogP contribution in [0.5, 0.6) is 0 Å². The minimum atomic E-state index is -1.16. The molecule has 0 radical (unpaired) electrons. The van der Waals surface area contributed by atoms with Gasteiger partial charge in [0.2, 0.25) is 5.91 Å². The monoisotopic (exact) mass is 720 g/mol. The molecular weight excluding hydrogens is 631 g/mol. The number of nitrogens with one attached hydrogen (secondary N) is 1. The largest absolute Gasteiger partial charge is 0.394 e. The lowest BCUT2D eigenvalue weighted by atomic mass is 10.0. The maximum atomic E-state index is 12.4. The molecule has 0 aromatic carbocycles. The van der Waals surface area contributed by atoms with Crippen LogP contribution in [-0.4, -0.2) is 46.1 Å². The van der Waals surface area contributed by atoms with E-state index in [9.17, 15) is 20.1 Å². The standard InChI is InChI=1S/C46H89NO4/c1-3-5-7-9-11-13-15-17-19-21-23-25-27-29-31-33-35-37-39-41-45(50)47-43(42-48)46(51)44(49)40-38-36-34-32-30-28-26-24-22-20-18-16-14-12-10-8-6-4-2/h21,23,32,34,43-44,46,48-49,51H,3-20,22,24-31,33,35-42H2,1-2H3,(H,47,50)/b23-21-,34-32+. The van der Waals surface area contributed by atoms with Crippen LogP contribution in [0.3, 0.4) is 0 Å². The van der Waals surface area contributed by atoms with Crippen LogP contribution in [0, 0.1) is 0 Å². The molecule has 0 aromatic rings. The zero-order valence-corrected chi connectivity index (χ0v) is 34.2. The topological polar surface area (TPSA) is 89.8 Å². The number of amides is 1. The number of carbonyl (C=O) groups excluding carboxylic acids is 1. The molecule has 1 amide bonds. The van der Waals surface area contributed by atoms with E-state index in [1.54, 1.807) is 0 Å². The first-order chi connectivity index (χ1) is 25.1. The van der Waals surface area contributed by atoms with Gasteiger partial charge < -0.3 is 20.6 Å². The van der Waals surface area contributed by atoms with Crippen LogP contribution < -0.4 is 5.32 Å². The molecule has 0 aliphatic heterocycles. The van der Waals surface area contributed by atoms with Crippen molar-refractivity contribution in [2.24, 2.45) is 0 Å². The van der Waals surface area contributed by atoms with Crippen molar-refractivity contribution in [3.05, 3.63) is 24.3 Å². The van der Waals surface area contributed by atoms with Crippen molar-refractivity contribution in [3.8, 4) is 0 Å². The fraction of sp³-hybridized carbons (Fsp3) is 0.891. The van der Waals surface area contributed by atoms with Gasteiger partial charge in [0.15, 0.2) is 0 Å². The molecule has 5 nitrogen and oxygen atoms in total. The lowest BCUT2D eigenvalue weighted by Crippen LogP contribution is -2.50. The van der Waals surface area contributed by atoms with E-state index in [2.05, 4.69) is 43.5 Å². The summed E-state index contributed by atoms with van der Waals surface area (Å²) >= 11 is 0. The molecule has 51 heavy (non-hydrogen) atoms. The van der Waals surface area contributed by atoms with Gasteiger partial charge in [0.1, 0.15) is 6.10 Å². The Labute approximate surface area is 318 Å². The van der Waals surface area contributed by atoms with E-state index in [4.69, 9.17) is 0 Å². The quantitative estimate of drug-likeness (QED) is 0.0374. The van der Waals surface area contributed by atoms with Gasteiger partial charge in [-0.3, -0.25) is 4.79 Å². The SMILES string of the molecule is CCCCCCCCCC/C=C\CCCCCCCCCC(=O)NC(CO)C(O)C(O)CCC/C=C/CCCCCCCCCCCCCCC. The summed E-state index contributed by atoms with van der Waals surface area (Å²) in [5, 5.41) is 33.5. The Morgan fingerprint density at radius 3 is 1.14 bits per heavy atom. The first-order valence-corrected chi connectivity index (χ1v) is 22.6. The Kier molecular flexibility index (Phi) is 40.6. The molecule has 4 N–H and O–H groups in total. The molecule has 0 fully saturated rings. The van der Waals surface area contributed by atoms with Crippen molar-refractivity contribution in [2.45, 2.75) is 257 Å². The normalized spacial score (nSPS) is 13.7. The van der Waals surface area contributed by atoms with Gasteiger partial charge in [-0.05, 0) is 64.2 Å². The molecule has 0 aliphatic carbocycles. The van der Waals surface area contributed by atoms with E-state index in [1.807, 2.05) is 0 Å². The first-order valence-electron chi connectivity index (χ1n) is 22.6. The Balaban J connectivity index is 3.66. The molecule has 0 rings (SSSR count). The summed E-state index contributed by atoms with van der Waals surface area (Å²) in [5.41, 5.74) is 0. The van der Waals surface area contributed by atoms with Gasteiger partial charge in [-0.1, -0.05) is 192 Å². The van der Waals surface area contributed by atoms with E-state index in [1.165, 1.54) is 173 Å². The highest BCUT2D eigenvalue weighted by Crippen LogP contribution is 2.15. The predicted molar refractivity (Wildman–Crippen MR) is 222 cm³/mol. The molecule has 0 aliphatic rings. The van der Waals surface area contributed by atoms with E-state index in [0.717, 1.165) is 38.5 Å². The summed E-state index contributed by atoms with van der Waals surface area (Å²) in [6, 6.07) is -0.826. The van der Waals surface area contributed by atoms with Crippen molar-refractivity contribution < 1.29 is 20.1 Å². The highest BCUT2D eigenvalue weighted by atomic mass is 16.3. The van der Waals surface area contributed by atoms with Crippen LogP contribution in [0.2, 0.25) is 0 Å². The summed E-state index contributed by atoms with van der Waals surface area (Å²) in [4.78, 5) is 12.4. The lowest BCUT2D eigenvalue weighted by Gasteiger charge is -2.26. The first kappa shape index (κ1) is 49.8. The van der Waals surface area contributed by atoms with Gasteiger partial charge >= 0.3 is 0 Å². The summed E-state index contributed by atoms with van der Waals surface area (Å²) in [7, 11) is 0. The van der Waals surface area contributed by atoms with Gasteiger partial charge in [-0.2, -0.15) is 0 Å². The molecule has 3 unspecified atom stereocenters. The molecule has 0 saturated carbocycles. The smallest absolute Gasteiger partial charge is 0.220 e. The van der Waals surface area contributed by atoms with Crippen molar-refractivity contribution in [2.75, 3.05) is 6.61 Å². The molecule has 302 valence electrons. The minimum Gasteiger partial charge on any atom is -0.394 e. The summed E-state index contributed by atoms with van der Waals surface area (Å²) < 4.78 is 0. The number of aliphatic hydroxyl groups excluding tert-OH is 3. The van der Waals surface area contributed by atoms with E-state index in [0.29, 0.717) is 12.8 Å². The fourth-order valence-corrected chi connectivity index (χ4v) is 6.98. The highest BCUT2D eigenvalue weighted by molar-refractivity contribution is 5.76. The van der Waals surface area contributed by atoms with Crippen molar-refractivity contribution in [3.63, 3.8) is 0 Å². The van der Waals surface area contributed by atoms with Crippen LogP contribution in [0.15, 0.2) is 24.3 Å². The predicted octanol–water partition coefficient (Wildman–Crippen LogP) is 13.0. The molecule has 0 heterocycles. The Morgan fingerprint density at radius 2 is 0.784 bits per heavy atom. The van der Waals surface area contributed by atoms with Gasteiger partial charge in [0.25, 0.3) is 0 Å². The van der Waals surface area contributed by atoms with Crippen molar-refractivity contribution in [1.82, 2.24) is 5.32 Å². The lowest BCUT2D eigenvalue weighted by molar-refractivity contribution is -0.124. The molecule has 0 saturated heterocycles. The number of aliphatic hydroxyl groups is 3. The van der Waals surface area contributed by atoms with Crippen molar-refractivity contribution >= 4 is 5.91 Å². The summed E-state index contributed by atoms with van der Waals surface area (Å²) in [6.45, 7) is 4.18. The Morgan fingerprint density at radius 1 is 0.471 bits per heavy atom. The second-order valence-electron chi connectivity index (χ2n) is 15.6. The van der Waals surface area contributed by atoms with E-state index < -0.39 is 18.2 Å². The number of hydrogen-bond acceptors (Lipinski definition) is 4. The summed E-state index contributed by atoms with van der Waals surface area (Å²) in [5.74, 6) is -0.157. The van der Waals surface area contributed by atoms with Crippen LogP contribution in [0.25, 0.3) is 0 Å². The number of carbonyl (C=O) groups is 1. The van der Waals surface area contributed by atoms with Crippen LogP contribution in [0.4, 0.5) is 0 Å². The number of unbranched alkanes of at least 4 members (excludes halogenated alkanes) is 29. The average Bonchev–Trinajstić information content (AvgIpc) is 3.13.